The van der Waals surface area contributed by atoms with Crippen molar-refractivity contribution in [1.29, 1.82) is 0 Å². The van der Waals surface area contributed by atoms with Gasteiger partial charge in [0.25, 0.3) is 0 Å². The second-order valence-corrected chi connectivity index (χ2v) is 2.89. The molecule has 3 heteroatoms. The van der Waals surface area contributed by atoms with Gasteiger partial charge in [0.05, 0.1) is 0 Å². The molecule has 0 atom stereocenters. The highest BCUT2D eigenvalue weighted by atomic mass is 16.1. The number of rotatable bonds is 1. The van der Waals surface area contributed by atoms with E-state index in [1.807, 2.05) is 13.8 Å². The molecule has 0 saturated heterocycles. The minimum absolute atomic E-state index is 0.398. The molecule has 0 spiro atoms. The van der Waals surface area contributed by atoms with Crippen LogP contribution in [0.2, 0.25) is 0 Å². The summed E-state index contributed by atoms with van der Waals surface area (Å²) >= 11 is 0. The standard InChI is InChI=1S/C9H12N2O/c1-5-3-7(10)4-6(2)8(5)9(11)12/h3-4H,10H2,1-2H3,(H2,11,12). The molecule has 0 aromatic heterocycles. The van der Waals surface area contributed by atoms with Crippen molar-refractivity contribution < 1.29 is 4.79 Å². The predicted molar refractivity (Wildman–Crippen MR) is 48.8 cm³/mol. The number of carbonyl (C=O) groups is 1. The van der Waals surface area contributed by atoms with Gasteiger partial charge in [-0.25, -0.2) is 0 Å². The molecule has 1 aromatic carbocycles. The average Bonchev–Trinajstić information content (AvgIpc) is 1.82. The van der Waals surface area contributed by atoms with Crippen LogP contribution in [-0.4, -0.2) is 5.91 Å². The number of benzene rings is 1. The molecule has 12 heavy (non-hydrogen) atoms. The number of anilines is 1. The van der Waals surface area contributed by atoms with E-state index in [9.17, 15) is 4.79 Å². The number of nitrogen functional groups attached to an aromatic ring is 1. The molecule has 64 valence electrons. The second kappa shape index (κ2) is 2.85. The van der Waals surface area contributed by atoms with Gasteiger partial charge in [0.1, 0.15) is 0 Å². The van der Waals surface area contributed by atoms with Crippen LogP contribution in [0.1, 0.15) is 21.5 Å². The Hall–Kier alpha value is -1.51. The van der Waals surface area contributed by atoms with Crippen molar-refractivity contribution >= 4 is 11.6 Å². The molecule has 0 aliphatic rings. The molecule has 0 fully saturated rings. The fraction of sp³-hybridized carbons (Fsp3) is 0.222. The van der Waals surface area contributed by atoms with E-state index in [-0.39, 0.29) is 0 Å². The lowest BCUT2D eigenvalue weighted by Crippen LogP contribution is -2.14. The van der Waals surface area contributed by atoms with E-state index in [4.69, 9.17) is 11.5 Å². The Morgan fingerprint density at radius 1 is 1.25 bits per heavy atom. The summed E-state index contributed by atoms with van der Waals surface area (Å²) in [5.41, 5.74) is 13.7. The Kier molecular flexibility index (Phi) is 2.04. The first-order chi connectivity index (χ1) is 5.52. The van der Waals surface area contributed by atoms with Crippen LogP contribution < -0.4 is 11.5 Å². The molecular formula is C9H12N2O. The van der Waals surface area contributed by atoms with E-state index < -0.39 is 5.91 Å². The molecule has 0 bridgehead atoms. The Balaban J connectivity index is 3.38. The van der Waals surface area contributed by atoms with Gasteiger partial charge in [-0.05, 0) is 37.1 Å². The van der Waals surface area contributed by atoms with Crippen LogP contribution in [-0.2, 0) is 0 Å². The Morgan fingerprint density at radius 3 is 2.00 bits per heavy atom. The van der Waals surface area contributed by atoms with E-state index >= 15 is 0 Å². The zero-order chi connectivity index (χ0) is 9.30. The predicted octanol–water partition coefficient (Wildman–Crippen LogP) is 0.985. The Morgan fingerprint density at radius 2 is 1.67 bits per heavy atom. The van der Waals surface area contributed by atoms with E-state index in [1.54, 1.807) is 12.1 Å². The largest absolute Gasteiger partial charge is 0.399 e. The fourth-order valence-corrected chi connectivity index (χ4v) is 1.39. The summed E-state index contributed by atoms with van der Waals surface area (Å²) in [7, 11) is 0. The summed E-state index contributed by atoms with van der Waals surface area (Å²) in [6.07, 6.45) is 0. The summed E-state index contributed by atoms with van der Waals surface area (Å²) in [6.45, 7) is 3.65. The molecule has 1 rings (SSSR count). The summed E-state index contributed by atoms with van der Waals surface area (Å²) in [5, 5.41) is 0. The highest BCUT2D eigenvalue weighted by molar-refractivity contribution is 5.96. The molecule has 0 aliphatic carbocycles. The topological polar surface area (TPSA) is 69.1 Å². The van der Waals surface area contributed by atoms with Crippen molar-refractivity contribution in [3.8, 4) is 0 Å². The van der Waals surface area contributed by atoms with Crippen LogP contribution in [0.3, 0.4) is 0 Å². The van der Waals surface area contributed by atoms with Gasteiger partial charge in [-0.15, -0.1) is 0 Å². The van der Waals surface area contributed by atoms with Crippen LogP contribution in [0.5, 0.6) is 0 Å². The molecule has 0 radical (unpaired) electrons. The first-order valence-corrected chi connectivity index (χ1v) is 3.69. The van der Waals surface area contributed by atoms with Crippen LogP contribution in [0, 0.1) is 13.8 Å². The number of primary amides is 1. The fourth-order valence-electron chi connectivity index (χ4n) is 1.39. The molecule has 3 nitrogen and oxygen atoms in total. The van der Waals surface area contributed by atoms with Crippen molar-refractivity contribution in [2.24, 2.45) is 5.73 Å². The highest BCUT2D eigenvalue weighted by Gasteiger charge is 2.08. The monoisotopic (exact) mass is 164 g/mol. The molecular weight excluding hydrogens is 152 g/mol. The maximum absolute atomic E-state index is 10.9. The molecule has 0 heterocycles. The van der Waals surface area contributed by atoms with Gasteiger partial charge in [0.15, 0.2) is 0 Å². The zero-order valence-electron chi connectivity index (χ0n) is 7.22. The molecule has 1 amide bonds. The van der Waals surface area contributed by atoms with Gasteiger partial charge in [-0.1, -0.05) is 0 Å². The Labute approximate surface area is 71.4 Å². The van der Waals surface area contributed by atoms with E-state index in [0.29, 0.717) is 11.3 Å². The summed E-state index contributed by atoms with van der Waals surface area (Å²) in [5.74, 6) is -0.398. The van der Waals surface area contributed by atoms with E-state index in [1.165, 1.54) is 0 Å². The van der Waals surface area contributed by atoms with Crippen LogP contribution in [0.25, 0.3) is 0 Å². The SMILES string of the molecule is Cc1cc(N)cc(C)c1C(N)=O. The summed E-state index contributed by atoms with van der Waals surface area (Å²) in [4.78, 5) is 10.9. The maximum atomic E-state index is 10.9. The highest BCUT2D eigenvalue weighted by Crippen LogP contribution is 2.16. The Bertz CT molecular complexity index is 308. The first kappa shape index (κ1) is 8.59. The lowest BCUT2D eigenvalue weighted by Gasteiger charge is -2.06. The number of carbonyl (C=O) groups excluding carboxylic acids is 1. The quantitative estimate of drug-likeness (QED) is 0.607. The smallest absolute Gasteiger partial charge is 0.249 e. The number of hydrogen-bond donors (Lipinski definition) is 2. The van der Waals surface area contributed by atoms with Crippen molar-refractivity contribution in [1.82, 2.24) is 0 Å². The van der Waals surface area contributed by atoms with Gasteiger partial charge in [-0.3, -0.25) is 4.79 Å². The molecule has 0 unspecified atom stereocenters. The van der Waals surface area contributed by atoms with Crippen LogP contribution in [0.15, 0.2) is 12.1 Å². The third-order valence-corrected chi connectivity index (χ3v) is 1.80. The van der Waals surface area contributed by atoms with Crippen molar-refractivity contribution in [2.45, 2.75) is 13.8 Å². The molecule has 1 aromatic rings. The minimum Gasteiger partial charge on any atom is -0.399 e. The van der Waals surface area contributed by atoms with Gasteiger partial charge in [0.2, 0.25) is 5.91 Å². The third-order valence-electron chi connectivity index (χ3n) is 1.80. The third kappa shape index (κ3) is 1.39. The number of amides is 1. The molecule has 0 aliphatic heterocycles. The van der Waals surface area contributed by atoms with Gasteiger partial charge in [-0.2, -0.15) is 0 Å². The lowest BCUT2D eigenvalue weighted by atomic mass is 10.0. The normalized spacial score (nSPS) is 9.83. The van der Waals surface area contributed by atoms with Gasteiger partial charge < -0.3 is 11.5 Å². The van der Waals surface area contributed by atoms with Gasteiger partial charge >= 0.3 is 0 Å². The lowest BCUT2D eigenvalue weighted by molar-refractivity contribution is 0.0999. The summed E-state index contributed by atoms with van der Waals surface area (Å²) in [6, 6.07) is 3.49. The molecule has 4 N–H and O–H groups in total. The van der Waals surface area contributed by atoms with Gasteiger partial charge in [0, 0.05) is 11.3 Å². The average molecular weight is 164 g/mol. The minimum atomic E-state index is -0.398. The van der Waals surface area contributed by atoms with E-state index in [2.05, 4.69) is 0 Å². The summed E-state index contributed by atoms with van der Waals surface area (Å²) < 4.78 is 0. The second-order valence-electron chi connectivity index (χ2n) is 2.89. The van der Waals surface area contributed by atoms with Crippen LogP contribution >= 0.6 is 0 Å². The number of nitrogens with two attached hydrogens (primary N) is 2. The van der Waals surface area contributed by atoms with Crippen molar-refractivity contribution in [3.05, 3.63) is 28.8 Å². The maximum Gasteiger partial charge on any atom is 0.249 e. The van der Waals surface area contributed by atoms with E-state index in [0.717, 1.165) is 11.1 Å². The van der Waals surface area contributed by atoms with Crippen LogP contribution in [0.4, 0.5) is 5.69 Å². The van der Waals surface area contributed by atoms with Crippen molar-refractivity contribution in [3.63, 3.8) is 0 Å². The zero-order valence-corrected chi connectivity index (χ0v) is 7.22. The first-order valence-electron chi connectivity index (χ1n) is 3.69. The van der Waals surface area contributed by atoms with Crippen molar-refractivity contribution in [2.75, 3.05) is 5.73 Å². The molecule has 0 saturated carbocycles. The number of hydrogen-bond acceptors (Lipinski definition) is 2. The number of aryl methyl sites for hydroxylation is 2.